The van der Waals surface area contributed by atoms with Crippen molar-refractivity contribution in [3.63, 3.8) is 0 Å². The number of nitriles is 1. The zero-order chi connectivity index (χ0) is 18.4. The molecule has 0 aliphatic carbocycles. The molecule has 0 unspecified atom stereocenters. The largest absolute Gasteiger partial charge is 0.338 e. The second kappa shape index (κ2) is 8.12. The summed E-state index contributed by atoms with van der Waals surface area (Å²) < 4.78 is 6.95. The monoisotopic (exact) mass is 349 g/mol. The van der Waals surface area contributed by atoms with Crippen molar-refractivity contribution < 1.29 is 9.32 Å². The number of unbranched alkanes of at least 4 members (excludes halogenated alkanes) is 2. The lowest BCUT2D eigenvalue weighted by atomic mass is 10.1. The lowest BCUT2D eigenvalue weighted by molar-refractivity contribution is -0.116. The predicted molar refractivity (Wildman–Crippen MR) is 96.9 cm³/mol. The second-order valence-electron chi connectivity index (χ2n) is 5.97. The highest BCUT2D eigenvalue weighted by atomic mass is 16.5. The maximum Gasteiger partial charge on any atom is 0.231 e. The lowest BCUT2D eigenvalue weighted by Crippen LogP contribution is -2.10. The van der Waals surface area contributed by atoms with E-state index in [2.05, 4.69) is 21.6 Å². The highest BCUT2D eigenvalue weighted by Crippen LogP contribution is 2.25. The molecule has 0 fully saturated rings. The number of nitrogens with zero attached hydrogens (tertiary/aromatic N) is 4. The minimum Gasteiger partial charge on any atom is -0.338 e. The van der Waals surface area contributed by atoms with Crippen molar-refractivity contribution >= 4 is 11.8 Å². The number of carbonyl (C=O) groups excluding carboxylic acids is 1. The van der Waals surface area contributed by atoms with E-state index in [1.807, 2.05) is 43.7 Å². The Bertz CT molecular complexity index is 918. The molecular weight excluding hydrogens is 330 g/mol. The Morgan fingerprint density at radius 2 is 2.00 bits per heavy atom. The van der Waals surface area contributed by atoms with Crippen LogP contribution in [0.25, 0.3) is 22.4 Å². The fraction of sp³-hybridized carbons (Fsp3) is 0.263. The van der Waals surface area contributed by atoms with Crippen molar-refractivity contribution in [3.8, 4) is 28.5 Å². The van der Waals surface area contributed by atoms with E-state index in [1.54, 1.807) is 10.7 Å². The Kier molecular flexibility index (Phi) is 5.44. The van der Waals surface area contributed by atoms with Gasteiger partial charge in [0, 0.05) is 43.3 Å². The van der Waals surface area contributed by atoms with Crippen molar-refractivity contribution in [1.82, 2.24) is 14.9 Å². The van der Waals surface area contributed by atoms with Crippen LogP contribution in [0.3, 0.4) is 0 Å². The summed E-state index contributed by atoms with van der Waals surface area (Å²) in [5.41, 5.74) is 3.67. The molecule has 0 aliphatic heterocycles. The number of aryl methyl sites for hydroxylation is 1. The third-order valence-corrected chi connectivity index (χ3v) is 3.93. The number of rotatable bonds is 7. The van der Waals surface area contributed by atoms with E-state index in [1.165, 1.54) is 0 Å². The van der Waals surface area contributed by atoms with E-state index in [4.69, 9.17) is 9.78 Å². The molecule has 0 bridgehead atoms. The summed E-state index contributed by atoms with van der Waals surface area (Å²) in [4.78, 5) is 11.8. The Balaban J connectivity index is 1.60. The van der Waals surface area contributed by atoms with Crippen LogP contribution >= 0.6 is 0 Å². The van der Waals surface area contributed by atoms with Crippen LogP contribution in [0.1, 0.15) is 25.7 Å². The van der Waals surface area contributed by atoms with E-state index in [0.29, 0.717) is 30.8 Å². The van der Waals surface area contributed by atoms with Gasteiger partial charge in [0.15, 0.2) is 0 Å². The Labute approximate surface area is 151 Å². The molecule has 0 saturated carbocycles. The molecule has 0 atom stereocenters. The summed E-state index contributed by atoms with van der Waals surface area (Å²) in [6.07, 6.45) is 5.99. The van der Waals surface area contributed by atoms with Crippen LogP contribution in [0, 0.1) is 11.3 Å². The molecule has 0 aliphatic rings. The van der Waals surface area contributed by atoms with Gasteiger partial charge in [-0.15, -0.1) is 0 Å². The van der Waals surface area contributed by atoms with Crippen LogP contribution in [-0.2, 0) is 11.8 Å². The molecule has 7 nitrogen and oxygen atoms in total. The zero-order valence-corrected chi connectivity index (χ0v) is 14.5. The van der Waals surface area contributed by atoms with E-state index >= 15 is 0 Å². The molecule has 26 heavy (non-hydrogen) atoms. The molecule has 2 heterocycles. The number of benzene rings is 1. The fourth-order valence-electron chi connectivity index (χ4n) is 2.56. The molecule has 7 heteroatoms. The third-order valence-electron chi connectivity index (χ3n) is 3.93. The first-order chi connectivity index (χ1) is 12.7. The quantitative estimate of drug-likeness (QED) is 0.655. The van der Waals surface area contributed by atoms with Crippen LogP contribution in [0.15, 0.2) is 47.2 Å². The Morgan fingerprint density at radius 3 is 2.69 bits per heavy atom. The van der Waals surface area contributed by atoms with Gasteiger partial charge >= 0.3 is 0 Å². The van der Waals surface area contributed by atoms with Crippen molar-refractivity contribution in [2.24, 2.45) is 7.05 Å². The molecule has 132 valence electrons. The summed E-state index contributed by atoms with van der Waals surface area (Å²) in [5.74, 6) is 0.180. The molecule has 0 radical (unpaired) electrons. The fourth-order valence-corrected chi connectivity index (χ4v) is 2.56. The van der Waals surface area contributed by atoms with Gasteiger partial charge in [-0.2, -0.15) is 10.4 Å². The van der Waals surface area contributed by atoms with Crippen LogP contribution in [-0.4, -0.2) is 20.8 Å². The van der Waals surface area contributed by atoms with E-state index in [9.17, 15) is 4.79 Å². The summed E-state index contributed by atoms with van der Waals surface area (Å²) >= 11 is 0. The molecule has 1 aromatic carbocycles. The molecule has 3 rings (SSSR count). The number of aromatic nitrogens is 3. The molecule has 3 aromatic rings. The van der Waals surface area contributed by atoms with E-state index in [0.717, 1.165) is 23.1 Å². The molecule has 1 amide bonds. The Hall–Kier alpha value is -3.40. The number of hydrogen-bond acceptors (Lipinski definition) is 5. The molecule has 0 saturated heterocycles. The van der Waals surface area contributed by atoms with Gasteiger partial charge < -0.3 is 4.52 Å². The van der Waals surface area contributed by atoms with Gasteiger partial charge in [-0.3, -0.25) is 14.8 Å². The van der Waals surface area contributed by atoms with Crippen LogP contribution < -0.4 is 5.32 Å². The molecule has 0 spiro atoms. The van der Waals surface area contributed by atoms with Crippen LogP contribution in [0.4, 0.5) is 5.88 Å². The number of amides is 1. The summed E-state index contributed by atoms with van der Waals surface area (Å²) in [7, 11) is 1.88. The first-order valence-electron chi connectivity index (χ1n) is 8.38. The van der Waals surface area contributed by atoms with Gasteiger partial charge in [0.1, 0.15) is 5.69 Å². The van der Waals surface area contributed by atoms with Gasteiger partial charge in [-0.05, 0) is 18.4 Å². The standard InChI is InChI=1S/C19H19N5O2/c1-24-13-16(12-21-24)14-6-8-15(9-7-14)17-11-19(26-23-17)22-18(25)5-3-2-4-10-20/h6-9,11-13H,2-5H2,1H3,(H,22,25). The smallest absolute Gasteiger partial charge is 0.231 e. The number of hydrogen-bond donors (Lipinski definition) is 1. The van der Waals surface area contributed by atoms with Crippen molar-refractivity contribution in [2.45, 2.75) is 25.7 Å². The maximum atomic E-state index is 11.8. The zero-order valence-electron chi connectivity index (χ0n) is 14.5. The van der Waals surface area contributed by atoms with Gasteiger partial charge in [-0.25, -0.2) is 0 Å². The SMILES string of the molecule is Cn1cc(-c2ccc(-c3cc(NC(=O)CCCCC#N)on3)cc2)cn1. The van der Waals surface area contributed by atoms with E-state index in [-0.39, 0.29) is 5.91 Å². The van der Waals surface area contributed by atoms with Crippen molar-refractivity contribution in [1.29, 1.82) is 5.26 Å². The highest BCUT2D eigenvalue weighted by Gasteiger charge is 2.10. The molecule has 1 N–H and O–H groups in total. The topological polar surface area (TPSA) is 96.7 Å². The number of nitrogens with one attached hydrogen (secondary N) is 1. The van der Waals surface area contributed by atoms with Gasteiger partial charge in [-0.1, -0.05) is 29.4 Å². The highest BCUT2D eigenvalue weighted by molar-refractivity contribution is 5.89. The predicted octanol–water partition coefficient (Wildman–Crippen LogP) is 3.76. The summed E-state index contributed by atoms with van der Waals surface area (Å²) in [5, 5.41) is 19.3. The average Bonchev–Trinajstić information content (AvgIpc) is 3.28. The minimum absolute atomic E-state index is 0.141. The van der Waals surface area contributed by atoms with Gasteiger partial charge in [0.2, 0.25) is 11.8 Å². The summed E-state index contributed by atoms with van der Waals surface area (Å²) in [6, 6.07) is 11.7. The van der Waals surface area contributed by atoms with Crippen molar-refractivity contribution in [2.75, 3.05) is 5.32 Å². The number of carbonyl (C=O) groups is 1. The van der Waals surface area contributed by atoms with Gasteiger partial charge in [0.05, 0.1) is 12.3 Å². The normalized spacial score (nSPS) is 10.5. The molecular formula is C19H19N5O2. The lowest BCUT2D eigenvalue weighted by Gasteiger charge is -2.00. The maximum absolute atomic E-state index is 11.8. The van der Waals surface area contributed by atoms with Crippen molar-refractivity contribution in [3.05, 3.63) is 42.7 Å². The second-order valence-corrected chi connectivity index (χ2v) is 5.97. The number of anilines is 1. The average molecular weight is 349 g/mol. The Morgan fingerprint density at radius 1 is 1.23 bits per heavy atom. The summed E-state index contributed by atoms with van der Waals surface area (Å²) in [6.45, 7) is 0. The van der Waals surface area contributed by atoms with Crippen LogP contribution in [0.2, 0.25) is 0 Å². The van der Waals surface area contributed by atoms with E-state index < -0.39 is 0 Å². The third kappa shape index (κ3) is 4.36. The first-order valence-corrected chi connectivity index (χ1v) is 8.38. The van der Waals surface area contributed by atoms with Crippen LogP contribution in [0.5, 0.6) is 0 Å². The minimum atomic E-state index is -0.141. The molecule has 2 aromatic heterocycles. The van der Waals surface area contributed by atoms with Gasteiger partial charge in [0.25, 0.3) is 0 Å². The first kappa shape index (κ1) is 17.4.